The monoisotopic (exact) mass is 317 g/mol. The third kappa shape index (κ3) is 2.85. The number of hydrogen-bond acceptors (Lipinski definition) is 4. The average molecular weight is 318 g/mol. The van der Waals surface area contributed by atoms with Crippen molar-refractivity contribution in [3.63, 3.8) is 0 Å². The Labute approximate surface area is 120 Å². The number of anilines is 1. The Kier molecular flexibility index (Phi) is 3.72. The fraction of sp³-hybridized carbons (Fsp3) is 0.143. The smallest absolute Gasteiger partial charge is 0.242 e. The Morgan fingerprint density at radius 1 is 1.26 bits per heavy atom. The van der Waals surface area contributed by atoms with E-state index in [1.165, 1.54) is 6.20 Å². The van der Waals surface area contributed by atoms with E-state index in [2.05, 4.69) is 20.9 Å². The van der Waals surface area contributed by atoms with E-state index in [9.17, 15) is 0 Å². The molecule has 0 unspecified atom stereocenters. The molecule has 2 N–H and O–H groups in total. The molecule has 2 aromatic rings. The molecular weight excluding hydrogens is 306 g/mol. The zero-order valence-corrected chi connectivity index (χ0v) is 12.2. The van der Waals surface area contributed by atoms with Gasteiger partial charge in [0.1, 0.15) is 11.8 Å². The van der Waals surface area contributed by atoms with Crippen LogP contribution in [0.15, 0.2) is 28.9 Å². The van der Waals surface area contributed by atoms with E-state index in [-0.39, 0.29) is 0 Å². The first-order chi connectivity index (χ1) is 9.01. The minimum atomic E-state index is 0.306. The van der Waals surface area contributed by atoms with Crippen LogP contribution < -0.4 is 10.5 Å². The molecule has 0 amide bonds. The normalized spacial score (nSPS) is 10.0. The number of ether oxygens (including phenoxy) is 1. The largest absolute Gasteiger partial charge is 0.437 e. The van der Waals surface area contributed by atoms with Gasteiger partial charge in [-0.15, -0.1) is 0 Å². The van der Waals surface area contributed by atoms with Crippen LogP contribution in [0.5, 0.6) is 11.6 Å². The summed E-state index contributed by atoms with van der Waals surface area (Å²) in [5, 5.41) is 8.75. The number of nitrogens with two attached hydrogens (primary N) is 1. The lowest BCUT2D eigenvalue weighted by molar-refractivity contribution is 0.464. The molecule has 0 atom stereocenters. The van der Waals surface area contributed by atoms with E-state index < -0.39 is 0 Å². The van der Waals surface area contributed by atoms with Gasteiger partial charge in [0.25, 0.3) is 0 Å². The lowest BCUT2D eigenvalue weighted by atomic mass is 10.1. The van der Waals surface area contributed by atoms with Crippen molar-refractivity contribution in [1.82, 2.24) is 4.98 Å². The lowest BCUT2D eigenvalue weighted by Gasteiger charge is -2.10. The van der Waals surface area contributed by atoms with E-state index in [0.717, 1.165) is 15.6 Å². The van der Waals surface area contributed by atoms with Crippen molar-refractivity contribution in [3.05, 3.63) is 45.6 Å². The minimum Gasteiger partial charge on any atom is -0.437 e. The van der Waals surface area contributed by atoms with Crippen LogP contribution in [-0.2, 0) is 0 Å². The van der Waals surface area contributed by atoms with Crippen LogP contribution in [0, 0.1) is 25.2 Å². The van der Waals surface area contributed by atoms with Crippen LogP contribution in [0.4, 0.5) is 5.69 Å². The average Bonchev–Trinajstić information content (AvgIpc) is 2.38. The minimum absolute atomic E-state index is 0.306. The van der Waals surface area contributed by atoms with Crippen LogP contribution in [0.1, 0.15) is 16.7 Å². The number of nitrogen functional groups attached to an aromatic ring is 1. The summed E-state index contributed by atoms with van der Waals surface area (Å²) in [6, 6.07) is 7.32. The Bertz CT molecular complexity index is 654. The van der Waals surface area contributed by atoms with Crippen LogP contribution >= 0.6 is 15.9 Å². The number of aryl methyl sites for hydroxylation is 2. The fourth-order valence-electron chi connectivity index (χ4n) is 1.69. The molecule has 0 spiro atoms. The van der Waals surface area contributed by atoms with E-state index in [4.69, 9.17) is 15.7 Å². The summed E-state index contributed by atoms with van der Waals surface area (Å²) in [5.41, 5.74) is 8.70. The molecule has 1 aromatic carbocycles. The summed E-state index contributed by atoms with van der Waals surface area (Å²) in [7, 11) is 0. The summed E-state index contributed by atoms with van der Waals surface area (Å²) in [6.07, 6.45) is 1.43. The van der Waals surface area contributed by atoms with E-state index in [1.54, 1.807) is 6.07 Å². The summed E-state index contributed by atoms with van der Waals surface area (Å²) >= 11 is 3.50. The maximum atomic E-state index is 8.75. The molecule has 2 rings (SSSR count). The van der Waals surface area contributed by atoms with Gasteiger partial charge in [-0.3, -0.25) is 0 Å². The zero-order chi connectivity index (χ0) is 14.0. The summed E-state index contributed by atoms with van der Waals surface area (Å²) in [4.78, 5) is 4.04. The molecule has 0 bridgehead atoms. The van der Waals surface area contributed by atoms with Gasteiger partial charge < -0.3 is 10.5 Å². The van der Waals surface area contributed by atoms with Crippen LogP contribution in [0.3, 0.4) is 0 Å². The van der Waals surface area contributed by atoms with Gasteiger partial charge in [0.2, 0.25) is 5.88 Å². The second kappa shape index (κ2) is 5.29. The molecular formula is C14H12BrN3O. The third-order valence-electron chi connectivity index (χ3n) is 2.63. The lowest BCUT2D eigenvalue weighted by Crippen LogP contribution is -1.96. The van der Waals surface area contributed by atoms with Gasteiger partial charge in [0.05, 0.1) is 11.3 Å². The quantitative estimate of drug-likeness (QED) is 0.916. The van der Waals surface area contributed by atoms with Crippen molar-refractivity contribution in [2.75, 3.05) is 5.73 Å². The molecule has 19 heavy (non-hydrogen) atoms. The number of pyridine rings is 1. The highest BCUT2D eigenvalue weighted by Crippen LogP contribution is 2.30. The topological polar surface area (TPSA) is 71.9 Å². The number of benzene rings is 1. The summed E-state index contributed by atoms with van der Waals surface area (Å²) in [6.45, 7) is 3.97. The summed E-state index contributed by atoms with van der Waals surface area (Å²) < 4.78 is 6.72. The Morgan fingerprint density at radius 2 is 1.89 bits per heavy atom. The standard InChI is InChI=1S/C14H12BrN3O/c1-8-3-11(4-9(2)13(8)15)19-14-12(17)5-10(6-16)7-18-14/h3-5,7H,17H2,1-2H3. The molecule has 1 aromatic heterocycles. The number of hydrogen-bond donors (Lipinski definition) is 1. The number of halogens is 1. The molecule has 1 heterocycles. The molecule has 96 valence electrons. The number of rotatable bonds is 2. The first kappa shape index (κ1) is 13.4. The SMILES string of the molecule is Cc1cc(Oc2ncc(C#N)cc2N)cc(C)c1Br. The van der Waals surface area contributed by atoms with E-state index in [0.29, 0.717) is 22.9 Å². The van der Waals surface area contributed by atoms with Crippen LogP contribution in [0.25, 0.3) is 0 Å². The van der Waals surface area contributed by atoms with Gasteiger partial charge >= 0.3 is 0 Å². The van der Waals surface area contributed by atoms with Crippen LogP contribution in [0.2, 0.25) is 0 Å². The second-order valence-electron chi connectivity index (χ2n) is 4.20. The van der Waals surface area contributed by atoms with Crippen molar-refractivity contribution in [3.8, 4) is 17.7 Å². The molecule has 0 aliphatic rings. The molecule has 0 radical (unpaired) electrons. The maximum absolute atomic E-state index is 8.75. The number of nitrogens with zero attached hydrogens (tertiary/aromatic N) is 2. The molecule has 0 saturated heterocycles. The Morgan fingerprint density at radius 3 is 2.42 bits per heavy atom. The molecule has 4 nitrogen and oxygen atoms in total. The van der Waals surface area contributed by atoms with Gasteiger partial charge in [-0.1, -0.05) is 15.9 Å². The predicted molar refractivity (Wildman–Crippen MR) is 77.1 cm³/mol. The van der Waals surface area contributed by atoms with E-state index in [1.807, 2.05) is 32.0 Å². The predicted octanol–water partition coefficient (Wildman–Crippen LogP) is 3.71. The summed E-state index contributed by atoms with van der Waals surface area (Å²) in [5.74, 6) is 0.974. The Hall–Kier alpha value is -2.06. The fourth-order valence-corrected chi connectivity index (χ4v) is 1.92. The molecule has 0 aliphatic carbocycles. The third-order valence-corrected chi connectivity index (χ3v) is 3.88. The molecule has 5 heteroatoms. The van der Waals surface area contributed by atoms with E-state index >= 15 is 0 Å². The van der Waals surface area contributed by atoms with Crippen LogP contribution in [-0.4, -0.2) is 4.98 Å². The Balaban J connectivity index is 2.34. The second-order valence-corrected chi connectivity index (χ2v) is 5.00. The molecule has 0 fully saturated rings. The van der Waals surface area contributed by atoms with Crippen molar-refractivity contribution < 1.29 is 4.74 Å². The maximum Gasteiger partial charge on any atom is 0.242 e. The first-order valence-electron chi connectivity index (χ1n) is 5.61. The van der Waals surface area contributed by atoms with Crippen molar-refractivity contribution >= 4 is 21.6 Å². The zero-order valence-electron chi connectivity index (χ0n) is 10.6. The van der Waals surface area contributed by atoms with Gasteiger partial charge in [-0.05, 0) is 43.2 Å². The highest BCUT2D eigenvalue weighted by Gasteiger charge is 2.08. The number of nitriles is 1. The van der Waals surface area contributed by atoms with Gasteiger partial charge in [0, 0.05) is 10.7 Å². The highest BCUT2D eigenvalue weighted by molar-refractivity contribution is 9.10. The van der Waals surface area contributed by atoms with Gasteiger partial charge in [0.15, 0.2) is 0 Å². The molecule has 0 aliphatic heterocycles. The molecule has 0 saturated carbocycles. The van der Waals surface area contributed by atoms with Crippen molar-refractivity contribution in [2.45, 2.75) is 13.8 Å². The first-order valence-corrected chi connectivity index (χ1v) is 6.41. The highest BCUT2D eigenvalue weighted by atomic mass is 79.9. The van der Waals surface area contributed by atoms with Crippen molar-refractivity contribution in [2.24, 2.45) is 0 Å². The van der Waals surface area contributed by atoms with Gasteiger partial charge in [-0.2, -0.15) is 5.26 Å². The van der Waals surface area contributed by atoms with Crippen molar-refractivity contribution in [1.29, 1.82) is 5.26 Å². The van der Waals surface area contributed by atoms with Gasteiger partial charge in [-0.25, -0.2) is 4.98 Å². The number of aromatic nitrogens is 1.